The van der Waals surface area contributed by atoms with Crippen molar-refractivity contribution in [3.8, 4) is 6.07 Å². The number of unbranched alkanes of at least 4 members (excludes halogenated alkanes) is 1. The van der Waals surface area contributed by atoms with Gasteiger partial charge >= 0.3 is 0 Å². The molecule has 0 aliphatic carbocycles. The summed E-state index contributed by atoms with van der Waals surface area (Å²) in [5, 5.41) is 13.0. The third-order valence-electron chi connectivity index (χ3n) is 3.92. The van der Waals surface area contributed by atoms with E-state index in [0.29, 0.717) is 21.3 Å². The van der Waals surface area contributed by atoms with Crippen LogP contribution in [-0.2, 0) is 11.2 Å². The molecule has 1 amide bonds. The van der Waals surface area contributed by atoms with E-state index in [0.717, 1.165) is 30.5 Å². The van der Waals surface area contributed by atoms with Gasteiger partial charge in [0.05, 0.1) is 10.8 Å². The summed E-state index contributed by atoms with van der Waals surface area (Å²) >= 11 is 7.40. The van der Waals surface area contributed by atoms with E-state index in [-0.39, 0.29) is 5.91 Å². The SMILES string of the molecule is CCCCc1ccc(C#N)c(SC(C)C(=O)Nc2ccc(C)c(Cl)c2)n1. The second kappa shape index (κ2) is 9.61. The van der Waals surface area contributed by atoms with Gasteiger partial charge in [0.25, 0.3) is 0 Å². The second-order valence-electron chi connectivity index (χ2n) is 6.08. The van der Waals surface area contributed by atoms with Crippen molar-refractivity contribution >= 4 is 35.0 Å². The molecule has 2 aromatic rings. The lowest BCUT2D eigenvalue weighted by molar-refractivity contribution is -0.115. The second-order valence-corrected chi connectivity index (χ2v) is 7.82. The van der Waals surface area contributed by atoms with Gasteiger partial charge in [0.15, 0.2) is 0 Å². The van der Waals surface area contributed by atoms with Crippen LogP contribution < -0.4 is 5.32 Å². The summed E-state index contributed by atoms with van der Waals surface area (Å²) in [6, 6.07) is 11.2. The maximum Gasteiger partial charge on any atom is 0.237 e. The van der Waals surface area contributed by atoms with Crippen LogP contribution in [0.5, 0.6) is 0 Å². The van der Waals surface area contributed by atoms with E-state index in [1.165, 1.54) is 11.8 Å². The fraction of sp³-hybridized carbons (Fsp3) is 0.350. The molecule has 2 rings (SSSR count). The first-order valence-corrected chi connectivity index (χ1v) is 9.84. The van der Waals surface area contributed by atoms with Crippen molar-refractivity contribution in [3.05, 3.63) is 52.2 Å². The van der Waals surface area contributed by atoms with Gasteiger partial charge in [-0.3, -0.25) is 4.79 Å². The number of nitrogens with zero attached hydrogens (tertiary/aromatic N) is 2. The molecule has 0 bridgehead atoms. The number of amides is 1. The zero-order valence-electron chi connectivity index (χ0n) is 15.2. The highest BCUT2D eigenvalue weighted by Gasteiger charge is 2.18. The zero-order valence-corrected chi connectivity index (χ0v) is 16.7. The first-order valence-electron chi connectivity index (χ1n) is 8.58. The molecule has 0 radical (unpaired) electrons. The highest BCUT2D eigenvalue weighted by molar-refractivity contribution is 8.00. The fourth-order valence-corrected chi connectivity index (χ4v) is 3.38. The summed E-state index contributed by atoms with van der Waals surface area (Å²) in [4.78, 5) is 17.1. The smallest absolute Gasteiger partial charge is 0.237 e. The minimum Gasteiger partial charge on any atom is -0.325 e. The number of nitriles is 1. The lowest BCUT2D eigenvalue weighted by Gasteiger charge is -2.13. The molecule has 136 valence electrons. The van der Waals surface area contributed by atoms with Gasteiger partial charge in [-0.15, -0.1) is 0 Å². The molecule has 1 aromatic carbocycles. The topological polar surface area (TPSA) is 65.8 Å². The Morgan fingerprint density at radius 3 is 2.81 bits per heavy atom. The van der Waals surface area contributed by atoms with Crippen molar-refractivity contribution in [3.63, 3.8) is 0 Å². The number of halogens is 1. The van der Waals surface area contributed by atoms with E-state index in [1.807, 2.05) is 25.1 Å². The van der Waals surface area contributed by atoms with Crippen LogP contribution in [-0.4, -0.2) is 16.1 Å². The molecule has 1 unspecified atom stereocenters. The predicted molar refractivity (Wildman–Crippen MR) is 108 cm³/mol. The van der Waals surface area contributed by atoms with Gasteiger partial charge in [-0.2, -0.15) is 5.26 Å². The third kappa shape index (κ3) is 5.48. The van der Waals surface area contributed by atoms with E-state index in [1.54, 1.807) is 19.1 Å². The number of carbonyl (C=O) groups excluding carboxylic acids is 1. The van der Waals surface area contributed by atoms with E-state index in [9.17, 15) is 10.1 Å². The van der Waals surface area contributed by atoms with Gasteiger partial charge in [0.1, 0.15) is 11.1 Å². The Kier molecular flexibility index (Phi) is 7.50. The van der Waals surface area contributed by atoms with Crippen molar-refractivity contribution in [2.45, 2.75) is 50.3 Å². The number of hydrogen-bond acceptors (Lipinski definition) is 4. The maximum absolute atomic E-state index is 12.5. The number of carbonyl (C=O) groups is 1. The van der Waals surface area contributed by atoms with E-state index in [4.69, 9.17) is 11.6 Å². The van der Waals surface area contributed by atoms with Crippen LogP contribution in [0.1, 0.15) is 43.5 Å². The number of aryl methyl sites for hydroxylation is 2. The van der Waals surface area contributed by atoms with Gasteiger partial charge < -0.3 is 5.32 Å². The molecule has 1 N–H and O–H groups in total. The number of anilines is 1. The molecule has 0 aliphatic rings. The van der Waals surface area contributed by atoms with Crippen molar-refractivity contribution in [1.82, 2.24) is 4.98 Å². The molecular weight excluding hydrogens is 366 g/mol. The van der Waals surface area contributed by atoms with Gasteiger partial charge in [0.2, 0.25) is 5.91 Å². The largest absolute Gasteiger partial charge is 0.325 e. The third-order valence-corrected chi connectivity index (χ3v) is 5.43. The molecule has 1 atom stereocenters. The van der Waals surface area contributed by atoms with Crippen LogP contribution in [0.3, 0.4) is 0 Å². The van der Waals surface area contributed by atoms with Crippen LogP contribution in [0.25, 0.3) is 0 Å². The lowest BCUT2D eigenvalue weighted by atomic mass is 10.2. The number of benzene rings is 1. The highest BCUT2D eigenvalue weighted by atomic mass is 35.5. The van der Waals surface area contributed by atoms with Crippen LogP contribution in [0.4, 0.5) is 5.69 Å². The molecule has 1 heterocycles. The Hall–Kier alpha value is -2.03. The number of pyridine rings is 1. The normalized spacial score (nSPS) is 11.7. The number of hydrogen-bond donors (Lipinski definition) is 1. The summed E-state index contributed by atoms with van der Waals surface area (Å²) in [6.45, 7) is 5.84. The molecule has 1 aromatic heterocycles. The van der Waals surface area contributed by atoms with Crippen LogP contribution >= 0.6 is 23.4 Å². The van der Waals surface area contributed by atoms with Crippen LogP contribution in [0.15, 0.2) is 35.4 Å². The minimum atomic E-state index is -0.392. The quantitative estimate of drug-likeness (QED) is 0.648. The summed E-state index contributed by atoms with van der Waals surface area (Å²) in [5.41, 5.74) is 3.06. The Bertz CT molecular complexity index is 832. The Labute approximate surface area is 164 Å². The summed E-state index contributed by atoms with van der Waals surface area (Å²) < 4.78 is 0. The standard InChI is InChI=1S/C20H22ClN3OS/c1-4-5-6-16-10-8-15(12-22)20(24-16)26-14(3)19(25)23-17-9-7-13(2)18(21)11-17/h7-11,14H,4-6H2,1-3H3,(H,23,25). The van der Waals surface area contributed by atoms with E-state index < -0.39 is 5.25 Å². The number of aromatic nitrogens is 1. The average Bonchev–Trinajstić information content (AvgIpc) is 2.63. The molecule has 4 nitrogen and oxygen atoms in total. The number of nitrogens with one attached hydrogen (secondary N) is 1. The number of rotatable bonds is 7. The van der Waals surface area contributed by atoms with Gasteiger partial charge in [-0.05, 0) is 56.5 Å². The highest BCUT2D eigenvalue weighted by Crippen LogP contribution is 2.27. The zero-order chi connectivity index (χ0) is 19.1. The Balaban J connectivity index is 2.09. The molecule has 26 heavy (non-hydrogen) atoms. The first-order chi connectivity index (χ1) is 12.4. The molecule has 0 fully saturated rings. The molecule has 0 aliphatic heterocycles. The van der Waals surface area contributed by atoms with Crippen molar-refractivity contribution in [2.24, 2.45) is 0 Å². The lowest BCUT2D eigenvalue weighted by Crippen LogP contribution is -2.22. The van der Waals surface area contributed by atoms with Gasteiger partial charge in [-0.1, -0.05) is 42.8 Å². The van der Waals surface area contributed by atoms with Crippen molar-refractivity contribution in [2.75, 3.05) is 5.32 Å². The molecule has 0 spiro atoms. The monoisotopic (exact) mass is 387 g/mol. The average molecular weight is 388 g/mol. The molecule has 6 heteroatoms. The van der Waals surface area contributed by atoms with Gasteiger partial charge in [0, 0.05) is 16.4 Å². The molecular formula is C20H22ClN3OS. The van der Waals surface area contributed by atoms with E-state index >= 15 is 0 Å². The van der Waals surface area contributed by atoms with Crippen LogP contribution in [0.2, 0.25) is 5.02 Å². The number of thioether (sulfide) groups is 1. The summed E-state index contributed by atoms with van der Waals surface area (Å²) in [5.74, 6) is -0.153. The van der Waals surface area contributed by atoms with Crippen LogP contribution in [0, 0.1) is 18.3 Å². The molecule has 0 saturated heterocycles. The minimum absolute atomic E-state index is 0.153. The Morgan fingerprint density at radius 2 is 2.15 bits per heavy atom. The van der Waals surface area contributed by atoms with Crippen molar-refractivity contribution in [1.29, 1.82) is 5.26 Å². The summed E-state index contributed by atoms with van der Waals surface area (Å²) in [6.07, 6.45) is 3.01. The Morgan fingerprint density at radius 1 is 1.38 bits per heavy atom. The van der Waals surface area contributed by atoms with Crippen molar-refractivity contribution < 1.29 is 4.79 Å². The first kappa shape index (κ1) is 20.3. The van der Waals surface area contributed by atoms with E-state index in [2.05, 4.69) is 23.3 Å². The maximum atomic E-state index is 12.5. The van der Waals surface area contributed by atoms with Gasteiger partial charge in [-0.25, -0.2) is 4.98 Å². The summed E-state index contributed by atoms with van der Waals surface area (Å²) in [7, 11) is 0. The molecule has 0 saturated carbocycles. The predicted octanol–water partition coefficient (Wildman–Crippen LogP) is 5.38. The fourth-order valence-electron chi connectivity index (χ4n) is 2.29.